The Morgan fingerprint density at radius 1 is 1.75 bits per heavy atom. The number of hydrogen-bond acceptors (Lipinski definition) is 2. The Morgan fingerprint density at radius 3 is 2.38 bits per heavy atom. The van der Waals surface area contributed by atoms with Crippen molar-refractivity contribution in [3.63, 3.8) is 0 Å². The summed E-state index contributed by atoms with van der Waals surface area (Å²) < 4.78 is 0. The van der Waals surface area contributed by atoms with Gasteiger partial charge in [-0.3, -0.25) is 4.79 Å². The zero-order valence-electron chi connectivity index (χ0n) is 5.09. The van der Waals surface area contributed by atoms with Crippen LogP contribution in [0.1, 0.15) is 13.8 Å². The largest absolute Gasteiger partial charge is 0.389 e. The zero-order valence-corrected chi connectivity index (χ0v) is 5.09. The van der Waals surface area contributed by atoms with Crippen LogP contribution in [0.15, 0.2) is 12.2 Å². The monoisotopic (exact) mass is 114 g/mol. The van der Waals surface area contributed by atoms with Crippen molar-refractivity contribution in [3.05, 3.63) is 12.2 Å². The summed E-state index contributed by atoms with van der Waals surface area (Å²) in [6, 6.07) is 0. The lowest BCUT2D eigenvalue weighted by atomic mass is 10.3. The van der Waals surface area contributed by atoms with Gasteiger partial charge >= 0.3 is 0 Å². The highest BCUT2D eigenvalue weighted by atomic mass is 16.3. The van der Waals surface area contributed by atoms with Crippen molar-refractivity contribution in [1.29, 1.82) is 0 Å². The van der Waals surface area contributed by atoms with Crippen molar-refractivity contribution >= 4 is 5.78 Å². The molecule has 46 valence electrons. The van der Waals surface area contributed by atoms with Gasteiger partial charge in [0.15, 0.2) is 5.78 Å². The Kier molecular flexibility index (Phi) is 3.12. The molecule has 8 heavy (non-hydrogen) atoms. The van der Waals surface area contributed by atoms with E-state index in [1.807, 2.05) is 0 Å². The molecule has 0 aliphatic carbocycles. The molecule has 0 saturated heterocycles. The first-order valence-electron chi connectivity index (χ1n) is 2.50. The molecule has 0 saturated carbocycles. The van der Waals surface area contributed by atoms with Crippen LogP contribution in [0.25, 0.3) is 0 Å². The molecule has 0 aromatic heterocycles. The fraction of sp³-hybridized carbons (Fsp3) is 0.500. The predicted molar refractivity (Wildman–Crippen MR) is 31.5 cm³/mol. The van der Waals surface area contributed by atoms with Crippen LogP contribution >= 0.6 is 0 Å². The molecule has 2 nitrogen and oxygen atoms in total. The Morgan fingerprint density at radius 2 is 2.25 bits per heavy atom. The number of allylic oxidation sites excluding steroid dienone is 1. The van der Waals surface area contributed by atoms with Crippen molar-refractivity contribution in [2.45, 2.75) is 20.0 Å². The van der Waals surface area contributed by atoms with E-state index in [0.29, 0.717) is 0 Å². The maximum Gasteiger partial charge on any atom is 0.152 e. The molecule has 0 fully saturated rings. The highest BCUT2D eigenvalue weighted by Gasteiger charge is 1.85. The maximum atomic E-state index is 10.2. The third kappa shape index (κ3) is 5.37. The topological polar surface area (TPSA) is 37.3 Å². The van der Waals surface area contributed by atoms with Crippen molar-refractivity contribution in [2.75, 3.05) is 0 Å². The molecular weight excluding hydrogens is 104 g/mol. The van der Waals surface area contributed by atoms with Gasteiger partial charge in [0.05, 0.1) is 6.10 Å². The Balaban J connectivity index is 3.50. The lowest BCUT2D eigenvalue weighted by molar-refractivity contribution is -0.112. The molecule has 0 radical (unpaired) electrons. The van der Waals surface area contributed by atoms with Crippen molar-refractivity contribution in [3.8, 4) is 0 Å². The summed E-state index contributed by atoms with van der Waals surface area (Å²) >= 11 is 0. The van der Waals surface area contributed by atoms with Gasteiger partial charge in [-0.1, -0.05) is 6.08 Å². The Labute approximate surface area is 48.8 Å². The van der Waals surface area contributed by atoms with Gasteiger partial charge in [-0.2, -0.15) is 0 Å². The lowest BCUT2D eigenvalue weighted by Gasteiger charge is -1.88. The van der Waals surface area contributed by atoms with E-state index in [1.54, 1.807) is 6.92 Å². The van der Waals surface area contributed by atoms with Gasteiger partial charge in [-0.25, -0.2) is 0 Å². The van der Waals surface area contributed by atoms with E-state index in [1.165, 1.54) is 19.1 Å². The molecule has 0 rings (SSSR count). The molecule has 0 aromatic carbocycles. The number of carbonyl (C=O) groups is 1. The quantitative estimate of drug-likeness (QED) is 0.531. The summed E-state index contributed by atoms with van der Waals surface area (Å²) in [5, 5.41) is 8.56. The first-order chi connectivity index (χ1) is 3.63. The van der Waals surface area contributed by atoms with E-state index >= 15 is 0 Å². The first kappa shape index (κ1) is 7.37. The predicted octanol–water partition coefficient (Wildman–Crippen LogP) is 0.512. The molecule has 2 heteroatoms. The second-order valence-corrected chi connectivity index (χ2v) is 1.71. The van der Waals surface area contributed by atoms with E-state index < -0.39 is 6.10 Å². The van der Waals surface area contributed by atoms with Gasteiger partial charge in [0, 0.05) is 0 Å². The van der Waals surface area contributed by atoms with Gasteiger partial charge in [0.2, 0.25) is 0 Å². The second kappa shape index (κ2) is 3.38. The van der Waals surface area contributed by atoms with Gasteiger partial charge in [-0.05, 0) is 19.9 Å². The average molecular weight is 114 g/mol. The standard InChI is InChI=1S/C6H10O2/c1-5(7)3-4-6(2)8/h3-5,7H,1-2H3/b4-3-/t5-/m0/s1. The molecule has 0 bridgehead atoms. The number of rotatable bonds is 2. The maximum absolute atomic E-state index is 10.2. The smallest absolute Gasteiger partial charge is 0.152 e. The third-order valence-corrected chi connectivity index (χ3v) is 0.609. The minimum atomic E-state index is -0.515. The van der Waals surface area contributed by atoms with Crippen LogP contribution in [0.3, 0.4) is 0 Å². The minimum absolute atomic E-state index is 0.0362. The van der Waals surface area contributed by atoms with E-state index in [4.69, 9.17) is 5.11 Å². The molecule has 1 N–H and O–H groups in total. The summed E-state index contributed by atoms with van der Waals surface area (Å²) in [5.74, 6) is -0.0362. The summed E-state index contributed by atoms with van der Waals surface area (Å²) in [7, 11) is 0. The first-order valence-corrected chi connectivity index (χ1v) is 2.50. The molecule has 0 amide bonds. The number of aliphatic hydroxyl groups is 1. The van der Waals surface area contributed by atoms with E-state index in [0.717, 1.165) is 0 Å². The molecule has 0 aliphatic rings. The lowest BCUT2D eigenvalue weighted by Crippen LogP contribution is -1.93. The van der Waals surface area contributed by atoms with Crippen molar-refractivity contribution < 1.29 is 9.90 Å². The Hall–Kier alpha value is -0.630. The SMILES string of the molecule is CC(=O)/C=C\[C@H](C)O. The fourth-order valence-electron chi connectivity index (χ4n) is 0.275. The highest BCUT2D eigenvalue weighted by molar-refractivity contribution is 5.87. The van der Waals surface area contributed by atoms with Gasteiger partial charge in [-0.15, -0.1) is 0 Å². The summed E-state index contributed by atoms with van der Waals surface area (Å²) in [5.41, 5.74) is 0. The van der Waals surface area contributed by atoms with Crippen molar-refractivity contribution in [1.82, 2.24) is 0 Å². The van der Waals surface area contributed by atoms with E-state index in [2.05, 4.69) is 0 Å². The summed E-state index contributed by atoms with van der Waals surface area (Å²) in [6.45, 7) is 3.04. The van der Waals surface area contributed by atoms with Crippen LogP contribution in [0.4, 0.5) is 0 Å². The van der Waals surface area contributed by atoms with Gasteiger partial charge in [0.25, 0.3) is 0 Å². The van der Waals surface area contributed by atoms with Crippen LogP contribution in [-0.2, 0) is 4.79 Å². The van der Waals surface area contributed by atoms with Crippen LogP contribution in [0, 0.1) is 0 Å². The van der Waals surface area contributed by atoms with Crippen LogP contribution in [0.2, 0.25) is 0 Å². The molecule has 0 spiro atoms. The van der Waals surface area contributed by atoms with Gasteiger partial charge < -0.3 is 5.11 Å². The molecule has 0 heterocycles. The zero-order chi connectivity index (χ0) is 6.57. The normalized spacial score (nSPS) is 14.4. The summed E-state index contributed by atoms with van der Waals surface area (Å²) in [6.07, 6.45) is 2.28. The molecule has 0 aromatic rings. The third-order valence-electron chi connectivity index (χ3n) is 0.609. The van der Waals surface area contributed by atoms with Crippen molar-refractivity contribution in [2.24, 2.45) is 0 Å². The van der Waals surface area contributed by atoms with E-state index in [-0.39, 0.29) is 5.78 Å². The molecule has 0 unspecified atom stereocenters. The number of aliphatic hydroxyl groups excluding tert-OH is 1. The number of carbonyl (C=O) groups excluding carboxylic acids is 1. The Bertz CT molecular complexity index is 103. The molecule has 1 atom stereocenters. The number of ketones is 1. The minimum Gasteiger partial charge on any atom is -0.389 e. The molecular formula is C6H10O2. The summed E-state index contributed by atoms with van der Waals surface area (Å²) in [4.78, 5) is 10.2. The highest BCUT2D eigenvalue weighted by Crippen LogP contribution is 1.81. The van der Waals surface area contributed by atoms with Crippen LogP contribution in [0.5, 0.6) is 0 Å². The number of hydrogen-bond donors (Lipinski definition) is 1. The fourth-order valence-corrected chi connectivity index (χ4v) is 0.275. The van der Waals surface area contributed by atoms with Crippen LogP contribution in [-0.4, -0.2) is 17.0 Å². The van der Waals surface area contributed by atoms with E-state index in [9.17, 15) is 4.79 Å². The van der Waals surface area contributed by atoms with Gasteiger partial charge in [0.1, 0.15) is 0 Å². The average Bonchev–Trinajstić information content (AvgIpc) is 1.61. The molecule has 0 aliphatic heterocycles. The van der Waals surface area contributed by atoms with Crippen LogP contribution < -0.4 is 0 Å². The second-order valence-electron chi connectivity index (χ2n) is 1.71.